The lowest BCUT2D eigenvalue weighted by Crippen LogP contribution is -2.21. The number of hydrogen-bond acceptors (Lipinski definition) is 1. The quantitative estimate of drug-likeness (QED) is 0.810. The van der Waals surface area contributed by atoms with Crippen molar-refractivity contribution in [2.45, 2.75) is 13.0 Å². The molecule has 0 amide bonds. The minimum atomic E-state index is -0.762. The Hall–Kier alpha value is -1.33. The average molecular weight is 344 g/mol. The third-order valence-corrected chi connectivity index (χ3v) is 3.67. The molecular formula is C15H13BrF3N. The number of halogens is 4. The van der Waals surface area contributed by atoms with Crippen LogP contribution in [0.1, 0.15) is 22.7 Å². The van der Waals surface area contributed by atoms with Gasteiger partial charge in [-0.3, -0.25) is 0 Å². The van der Waals surface area contributed by atoms with Crippen LogP contribution in [0.3, 0.4) is 0 Å². The third-order valence-electron chi connectivity index (χ3n) is 3.05. The molecular weight excluding hydrogens is 331 g/mol. The fourth-order valence-electron chi connectivity index (χ4n) is 2.22. The zero-order valence-electron chi connectivity index (χ0n) is 11.0. The van der Waals surface area contributed by atoms with Gasteiger partial charge in [0.1, 0.15) is 17.5 Å². The second-order valence-electron chi connectivity index (χ2n) is 4.54. The number of nitrogens with one attached hydrogen (secondary N) is 1. The second-order valence-corrected chi connectivity index (χ2v) is 5.39. The largest absolute Gasteiger partial charge is 0.309 e. The fraction of sp³-hybridized carbons (Fsp3) is 0.200. The van der Waals surface area contributed by atoms with Crippen LogP contribution in [0.5, 0.6) is 0 Å². The first-order valence-corrected chi connectivity index (χ1v) is 6.81. The lowest BCUT2D eigenvalue weighted by Gasteiger charge is -2.20. The Kier molecular flexibility index (Phi) is 4.50. The maximum Gasteiger partial charge on any atom is 0.145 e. The molecule has 0 bridgehead atoms. The summed E-state index contributed by atoms with van der Waals surface area (Å²) >= 11 is 3.04. The van der Waals surface area contributed by atoms with Crippen molar-refractivity contribution < 1.29 is 13.2 Å². The molecule has 2 rings (SSSR count). The van der Waals surface area contributed by atoms with E-state index in [0.717, 1.165) is 0 Å². The van der Waals surface area contributed by atoms with Crippen molar-refractivity contribution in [3.8, 4) is 0 Å². The SMILES string of the molecule is CNC(c1cc(C)cc(F)c1)c1c(F)ccc(Br)c1F. The maximum absolute atomic E-state index is 14.2. The predicted molar refractivity (Wildman–Crippen MR) is 76.1 cm³/mol. The topological polar surface area (TPSA) is 12.0 Å². The summed E-state index contributed by atoms with van der Waals surface area (Å²) in [5.74, 6) is -1.80. The van der Waals surface area contributed by atoms with Crippen molar-refractivity contribution in [1.29, 1.82) is 0 Å². The Bertz CT molecular complexity index is 623. The summed E-state index contributed by atoms with van der Waals surface area (Å²) in [6.07, 6.45) is 0. The molecule has 0 aliphatic rings. The summed E-state index contributed by atoms with van der Waals surface area (Å²) < 4.78 is 41.8. The minimum Gasteiger partial charge on any atom is -0.309 e. The first-order chi connectivity index (χ1) is 9.43. The van der Waals surface area contributed by atoms with E-state index in [0.29, 0.717) is 11.1 Å². The summed E-state index contributed by atoms with van der Waals surface area (Å²) in [6.45, 7) is 1.73. The molecule has 2 aromatic rings. The van der Waals surface area contributed by atoms with Crippen LogP contribution in [0.25, 0.3) is 0 Å². The van der Waals surface area contributed by atoms with E-state index in [1.165, 1.54) is 24.3 Å². The van der Waals surface area contributed by atoms with Gasteiger partial charge in [-0.1, -0.05) is 6.07 Å². The summed E-state index contributed by atoms with van der Waals surface area (Å²) in [7, 11) is 1.57. The molecule has 0 aromatic heterocycles. The highest BCUT2D eigenvalue weighted by Gasteiger charge is 2.23. The highest BCUT2D eigenvalue weighted by molar-refractivity contribution is 9.10. The molecule has 2 aromatic carbocycles. The first kappa shape index (κ1) is 15.1. The van der Waals surface area contributed by atoms with Crippen LogP contribution in [0.4, 0.5) is 13.2 Å². The lowest BCUT2D eigenvalue weighted by molar-refractivity contribution is 0.516. The minimum absolute atomic E-state index is 0.133. The monoisotopic (exact) mass is 343 g/mol. The van der Waals surface area contributed by atoms with Crippen molar-refractivity contribution >= 4 is 15.9 Å². The molecule has 106 valence electrons. The van der Waals surface area contributed by atoms with Gasteiger partial charge in [0.2, 0.25) is 0 Å². The Morgan fingerprint density at radius 2 is 1.80 bits per heavy atom. The normalized spacial score (nSPS) is 12.5. The highest BCUT2D eigenvalue weighted by Crippen LogP contribution is 2.31. The molecule has 0 aliphatic heterocycles. The standard InChI is InChI=1S/C15H13BrF3N/c1-8-5-9(7-10(17)6-8)15(20-2)13-12(18)4-3-11(16)14(13)19/h3-7,15,20H,1-2H3. The van der Waals surface area contributed by atoms with E-state index in [1.807, 2.05) is 0 Å². The zero-order chi connectivity index (χ0) is 14.9. The van der Waals surface area contributed by atoms with E-state index in [2.05, 4.69) is 21.2 Å². The van der Waals surface area contributed by atoms with Crippen molar-refractivity contribution in [2.75, 3.05) is 7.05 Å². The zero-order valence-corrected chi connectivity index (χ0v) is 12.6. The fourth-order valence-corrected chi connectivity index (χ4v) is 2.56. The van der Waals surface area contributed by atoms with Gasteiger partial charge in [0.15, 0.2) is 0 Å². The van der Waals surface area contributed by atoms with Gasteiger partial charge in [0, 0.05) is 5.56 Å². The molecule has 1 unspecified atom stereocenters. The smallest absolute Gasteiger partial charge is 0.145 e. The second kappa shape index (κ2) is 5.97. The lowest BCUT2D eigenvalue weighted by atomic mass is 9.96. The Morgan fingerprint density at radius 1 is 1.10 bits per heavy atom. The molecule has 1 nitrogen and oxygen atoms in total. The van der Waals surface area contributed by atoms with E-state index in [1.54, 1.807) is 20.0 Å². The van der Waals surface area contributed by atoms with E-state index in [9.17, 15) is 13.2 Å². The molecule has 5 heteroatoms. The van der Waals surface area contributed by atoms with Crippen molar-refractivity contribution in [1.82, 2.24) is 5.32 Å². The number of rotatable bonds is 3. The molecule has 0 fully saturated rings. The van der Waals surface area contributed by atoms with Crippen molar-refractivity contribution in [3.05, 3.63) is 68.9 Å². The van der Waals surface area contributed by atoms with Gasteiger partial charge in [0.05, 0.1) is 10.5 Å². The van der Waals surface area contributed by atoms with Crippen LogP contribution in [0.2, 0.25) is 0 Å². The van der Waals surface area contributed by atoms with Crippen LogP contribution >= 0.6 is 15.9 Å². The third kappa shape index (κ3) is 2.88. The van der Waals surface area contributed by atoms with Gasteiger partial charge in [-0.05, 0) is 65.3 Å². The van der Waals surface area contributed by atoms with Gasteiger partial charge < -0.3 is 5.32 Å². The number of benzene rings is 2. The molecule has 1 atom stereocenters. The molecule has 1 N–H and O–H groups in total. The van der Waals surface area contributed by atoms with Gasteiger partial charge >= 0.3 is 0 Å². The summed E-state index contributed by atoms with van der Waals surface area (Å²) in [5.41, 5.74) is 1.03. The van der Waals surface area contributed by atoms with Crippen LogP contribution in [-0.4, -0.2) is 7.05 Å². The van der Waals surface area contributed by atoms with Gasteiger partial charge in [0.25, 0.3) is 0 Å². The molecule has 0 saturated carbocycles. The van der Waals surface area contributed by atoms with Crippen LogP contribution in [-0.2, 0) is 0 Å². The van der Waals surface area contributed by atoms with Crippen molar-refractivity contribution in [2.24, 2.45) is 0 Å². The van der Waals surface area contributed by atoms with Crippen LogP contribution in [0.15, 0.2) is 34.8 Å². The first-order valence-electron chi connectivity index (χ1n) is 6.01. The van der Waals surface area contributed by atoms with Gasteiger partial charge in [-0.2, -0.15) is 0 Å². The summed E-state index contributed by atoms with van der Waals surface area (Å²) in [6, 6.07) is 6.06. The van der Waals surface area contributed by atoms with E-state index in [-0.39, 0.29) is 10.0 Å². The van der Waals surface area contributed by atoms with Crippen molar-refractivity contribution in [3.63, 3.8) is 0 Å². The van der Waals surface area contributed by atoms with Gasteiger partial charge in [-0.15, -0.1) is 0 Å². The maximum atomic E-state index is 14.2. The molecule has 0 heterocycles. The Morgan fingerprint density at radius 3 is 2.40 bits per heavy atom. The Balaban J connectivity index is 2.61. The molecule has 0 radical (unpaired) electrons. The molecule has 20 heavy (non-hydrogen) atoms. The van der Waals surface area contributed by atoms with E-state index < -0.39 is 23.5 Å². The molecule has 0 spiro atoms. The van der Waals surface area contributed by atoms with E-state index >= 15 is 0 Å². The number of hydrogen-bond donors (Lipinski definition) is 1. The van der Waals surface area contributed by atoms with Gasteiger partial charge in [-0.25, -0.2) is 13.2 Å². The predicted octanol–water partition coefficient (Wildman–Crippen LogP) is 4.48. The van der Waals surface area contributed by atoms with Crippen LogP contribution in [0, 0.1) is 24.4 Å². The molecule has 0 aliphatic carbocycles. The summed E-state index contributed by atoms with van der Waals surface area (Å²) in [5, 5.41) is 2.83. The summed E-state index contributed by atoms with van der Waals surface area (Å²) in [4.78, 5) is 0. The average Bonchev–Trinajstić information content (AvgIpc) is 2.38. The highest BCUT2D eigenvalue weighted by atomic mass is 79.9. The number of aryl methyl sites for hydroxylation is 1. The van der Waals surface area contributed by atoms with Crippen LogP contribution < -0.4 is 5.32 Å². The van der Waals surface area contributed by atoms with E-state index in [4.69, 9.17) is 0 Å². The Labute approximate surface area is 123 Å². The molecule has 0 saturated heterocycles.